The van der Waals surface area contributed by atoms with Crippen molar-refractivity contribution in [3.05, 3.63) is 21.4 Å². The minimum Gasteiger partial charge on any atom is -0.348 e. The van der Waals surface area contributed by atoms with Crippen molar-refractivity contribution < 1.29 is 4.79 Å². The number of rotatable bonds is 2. The lowest BCUT2D eigenvalue weighted by Crippen LogP contribution is -2.46. The number of piperidine rings is 1. The lowest BCUT2D eigenvalue weighted by Gasteiger charge is -2.32. The molecule has 0 unspecified atom stereocenters. The second-order valence-corrected chi connectivity index (χ2v) is 7.26. The van der Waals surface area contributed by atoms with Gasteiger partial charge in [0.05, 0.1) is 5.56 Å². The van der Waals surface area contributed by atoms with E-state index in [0.29, 0.717) is 12.1 Å². The molecule has 2 fully saturated rings. The quantitative estimate of drug-likeness (QED) is 0.902. The average Bonchev–Trinajstić information content (AvgIpc) is 2.94. The molecule has 3 heterocycles. The van der Waals surface area contributed by atoms with Crippen molar-refractivity contribution >= 4 is 17.2 Å². The molecule has 0 aromatic carbocycles. The first kappa shape index (κ1) is 13.1. The number of nitrogens with zero attached hydrogens (tertiary/aromatic N) is 1. The van der Waals surface area contributed by atoms with Crippen LogP contribution in [0.3, 0.4) is 0 Å². The number of amides is 1. The van der Waals surface area contributed by atoms with Crippen molar-refractivity contribution in [2.45, 2.75) is 51.6 Å². The molecule has 2 atom stereocenters. The first-order chi connectivity index (χ1) is 9.15. The highest BCUT2D eigenvalue weighted by Gasteiger charge is 2.36. The summed E-state index contributed by atoms with van der Waals surface area (Å²) in [4.78, 5) is 17.3. The van der Waals surface area contributed by atoms with Crippen molar-refractivity contribution in [3.8, 4) is 0 Å². The second kappa shape index (κ2) is 5.25. The van der Waals surface area contributed by atoms with E-state index in [1.165, 1.54) is 30.7 Å². The third-order valence-corrected chi connectivity index (χ3v) is 5.42. The van der Waals surface area contributed by atoms with Crippen LogP contribution in [0.4, 0.5) is 0 Å². The normalized spacial score (nSPS) is 27.3. The molecule has 1 N–H and O–H groups in total. The fourth-order valence-electron chi connectivity index (χ4n) is 3.52. The topological polar surface area (TPSA) is 32.3 Å². The fourth-order valence-corrected chi connectivity index (χ4v) is 4.44. The van der Waals surface area contributed by atoms with Crippen LogP contribution in [-0.2, 0) is 0 Å². The Hall–Kier alpha value is -0.870. The summed E-state index contributed by atoms with van der Waals surface area (Å²) in [6.45, 7) is 6.46. The lowest BCUT2D eigenvalue weighted by atomic mass is 9.99. The second-order valence-electron chi connectivity index (χ2n) is 5.79. The van der Waals surface area contributed by atoms with Crippen molar-refractivity contribution in [2.24, 2.45) is 0 Å². The summed E-state index contributed by atoms with van der Waals surface area (Å²) < 4.78 is 0. The number of hydrogen-bond acceptors (Lipinski definition) is 3. The summed E-state index contributed by atoms with van der Waals surface area (Å²) in [7, 11) is 0. The summed E-state index contributed by atoms with van der Waals surface area (Å²) in [6, 6.07) is 2.95. The van der Waals surface area contributed by atoms with Crippen LogP contribution in [0.1, 0.15) is 45.8 Å². The van der Waals surface area contributed by atoms with Gasteiger partial charge in [-0.05, 0) is 45.7 Å². The number of nitrogens with one attached hydrogen (secondary N) is 1. The van der Waals surface area contributed by atoms with E-state index in [9.17, 15) is 4.79 Å². The molecule has 3 nitrogen and oxygen atoms in total. The molecule has 3 rings (SSSR count). The number of fused-ring (bicyclic) bond motifs is 1. The molecule has 2 aliphatic rings. The highest BCUT2D eigenvalue weighted by molar-refractivity contribution is 7.12. The molecule has 0 radical (unpaired) electrons. The van der Waals surface area contributed by atoms with Crippen molar-refractivity contribution in [1.29, 1.82) is 0 Å². The van der Waals surface area contributed by atoms with Gasteiger partial charge in [-0.25, -0.2) is 0 Å². The number of carbonyl (C=O) groups is 1. The Labute approximate surface area is 119 Å². The van der Waals surface area contributed by atoms with E-state index in [1.807, 2.05) is 13.0 Å². The lowest BCUT2D eigenvalue weighted by molar-refractivity contribution is 0.0915. The molecule has 0 aliphatic carbocycles. The Kier molecular flexibility index (Phi) is 3.63. The van der Waals surface area contributed by atoms with Crippen LogP contribution in [0.15, 0.2) is 6.07 Å². The summed E-state index contributed by atoms with van der Waals surface area (Å²) in [5.74, 6) is 0.124. The van der Waals surface area contributed by atoms with E-state index < -0.39 is 0 Å². The van der Waals surface area contributed by atoms with Gasteiger partial charge in [0, 0.05) is 28.4 Å². The van der Waals surface area contributed by atoms with Crippen LogP contribution in [0.5, 0.6) is 0 Å². The molecule has 2 aliphatic heterocycles. The predicted octanol–water partition coefficient (Wildman–Crippen LogP) is 2.72. The third kappa shape index (κ3) is 2.56. The first-order valence-corrected chi connectivity index (χ1v) is 8.09. The largest absolute Gasteiger partial charge is 0.348 e. The molecule has 0 spiro atoms. The highest BCUT2D eigenvalue weighted by atomic mass is 32.1. The van der Waals surface area contributed by atoms with Gasteiger partial charge in [-0.15, -0.1) is 11.3 Å². The fraction of sp³-hybridized carbons (Fsp3) is 0.667. The van der Waals surface area contributed by atoms with E-state index >= 15 is 0 Å². The third-order valence-electron chi connectivity index (χ3n) is 4.46. The van der Waals surface area contributed by atoms with Gasteiger partial charge < -0.3 is 5.32 Å². The van der Waals surface area contributed by atoms with Crippen molar-refractivity contribution in [1.82, 2.24) is 10.2 Å². The van der Waals surface area contributed by atoms with Gasteiger partial charge >= 0.3 is 0 Å². The van der Waals surface area contributed by atoms with Crippen LogP contribution in [0.25, 0.3) is 0 Å². The SMILES string of the molecule is Cc1cc(C(=O)N[C@H]2CCN3CCCC[C@@H]23)c(C)s1. The monoisotopic (exact) mass is 278 g/mol. The minimum absolute atomic E-state index is 0.124. The first-order valence-electron chi connectivity index (χ1n) is 7.27. The standard InChI is InChI=1S/C15H22N2OS/c1-10-9-12(11(2)19-10)15(18)16-13-6-8-17-7-4-3-5-14(13)17/h9,13-14H,3-8H2,1-2H3,(H,16,18)/t13-,14-/m0/s1. The van der Waals surface area contributed by atoms with Crippen LogP contribution in [0.2, 0.25) is 0 Å². The maximum atomic E-state index is 12.4. The van der Waals surface area contributed by atoms with E-state index in [0.717, 1.165) is 23.4 Å². The Balaban J connectivity index is 1.68. The van der Waals surface area contributed by atoms with Crippen LogP contribution < -0.4 is 5.32 Å². The molecule has 0 saturated carbocycles. The summed E-state index contributed by atoms with van der Waals surface area (Å²) >= 11 is 1.71. The Morgan fingerprint density at radius 1 is 1.32 bits per heavy atom. The van der Waals surface area contributed by atoms with E-state index in [-0.39, 0.29) is 5.91 Å². The average molecular weight is 278 g/mol. The van der Waals surface area contributed by atoms with Gasteiger partial charge in [-0.1, -0.05) is 6.42 Å². The Morgan fingerprint density at radius 3 is 2.89 bits per heavy atom. The molecular formula is C15H22N2OS. The van der Waals surface area contributed by atoms with Crippen LogP contribution in [0, 0.1) is 13.8 Å². The zero-order chi connectivity index (χ0) is 13.4. The number of carbonyl (C=O) groups excluding carboxylic acids is 1. The van der Waals surface area contributed by atoms with Gasteiger partial charge in [0.25, 0.3) is 5.91 Å². The van der Waals surface area contributed by atoms with Gasteiger partial charge in [-0.2, -0.15) is 0 Å². The van der Waals surface area contributed by atoms with Gasteiger partial charge in [0.1, 0.15) is 0 Å². The van der Waals surface area contributed by atoms with Crippen molar-refractivity contribution in [2.75, 3.05) is 13.1 Å². The van der Waals surface area contributed by atoms with Crippen LogP contribution >= 0.6 is 11.3 Å². The molecule has 1 aromatic heterocycles. The number of thiophene rings is 1. The van der Waals surface area contributed by atoms with Gasteiger partial charge in [0.15, 0.2) is 0 Å². The zero-order valence-electron chi connectivity index (χ0n) is 11.7. The Morgan fingerprint density at radius 2 is 2.16 bits per heavy atom. The Bertz CT molecular complexity index is 482. The van der Waals surface area contributed by atoms with Gasteiger partial charge in [0.2, 0.25) is 0 Å². The molecule has 2 saturated heterocycles. The van der Waals surface area contributed by atoms with E-state index in [2.05, 4.69) is 17.1 Å². The van der Waals surface area contributed by atoms with E-state index in [4.69, 9.17) is 0 Å². The highest BCUT2D eigenvalue weighted by Crippen LogP contribution is 2.28. The zero-order valence-corrected chi connectivity index (χ0v) is 12.6. The molecule has 1 amide bonds. The maximum absolute atomic E-state index is 12.4. The summed E-state index contributed by atoms with van der Waals surface area (Å²) in [6.07, 6.45) is 4.98. The number of aryl methyl sites for hydroxylation is 2. The van der Waals surface area contributed by atoms with E-state index in [1.54, 1.807) is 11.3 Å². The molecule has 4 heteroatoms. The molecular weight excluding hydrogens is 256 g/mol. The van der Waals surface area contributed by atoms with Crippen LogP contribution in [-0.4, -0.2) is 36.0 Å². The maximum Gasteiger partial charge on any atom is 0.252 e. The predicted molar refractivity (Wildman–Crippen MR) is 78.9 cm³/mol. The molecule has 19 heavy (non-hydrogen) atoms. The summed E-state index contributed by atoms with van der Waals surface area (Å²) in [5, 5.41) is 3.27. The molecule has 0 bridgehead atoms. The van der Waals surface area contributed by atoms with Crippen molar-refractivity contribution in [3.63, 3.8) is 0 Å². The summed E-state index contributed by atoms with van der Waals surface area (Å²) in [5.41, 5.74) is 0.872. The minimum atomic E-state index is 0.124. The molecule has 1 aromatic rings. The number of hydrogen-bond donors (Lipinski definition) is 1. The molecule has 104 valence electrons. The van der Waals surface area contributed by atoms with Gasteiger partial charge in [-0.3, -0.25) is 9.69 Å². The smallest absolute Gasteiger partial charge is 0.252 e.